The zero-order valence-corrected chi connectivity index (χ0v) is 21.8. The van der Waals surface area contributed by atoms with Crippen molar-refractivity contribution in [1.29, 1.82) is 0 Å². The molecule has 8 heteroatoms. The van der Waals surface area contributed by atoms with Crippen LogP contribution in [0.1, 0.15) is 21.5 Å². The molecule has 5 rings (SSSR count). The van der Waals surface area contributed by atoms with E-state index in [0.717, 1.165) is 67.0 Å². The number of benzene rings is 3. The highest BCUT2D eigenvalue weighted by Crippen LogP contribution is 2.28. The molecule has 37 heavy (non-hydrogen) atoms. The minimum Gasteiger partial charge on any atom is -0.495 e. The molecule has 0 radical (unpaired) electrons. The largest absolute Gasteiger partial charge is 0.495 e. The van der Waals surface area contributed by atoms with Gasteiger partial charge in [0.05, 0.1) is 19.0 Å². The number of piperazine rings is 1. The van der Waals surface area contributed by atoms with Crippen molar-refractivity contribution in [2.45, 2.75) is 12.6 Å². The maximum absolute atomic E-state index is 12.5. The predicted molar refractivity (Wildman–Crippen MR) is 150 cm³/mol. The van der Waals surface area contributed by atoms with E-state index in [1.54, 1.807) is 13.3 Å². The zero-order chi connectivity index (χ0) is 25.5. The van der Waals surface area contributed by atoms with Crippen LogP contribution in [0.3, 0.4) is 0 Å². The van der Waals surface area contributed by atoms with Crippen molar-refractivity contribution in [3.8, 4) is 11.5 Å². The number of carbonyl (C=O) groups excluding carboxylic acids is 1. The fourth-order valence-corrected chi connectivity index (χ4v) is 4.99. The normalized spacial score (nSPS) is 16.4. The summed E-state index contributed by atoms with van der Waals surface area (Å²) in [6, 6.07) is 23.7. The van der Waals surface area contributed by atoms with E-state index in [2.05, 4.69) is 32.5 Å². The van der Waals surface area contributed by atoms with Gasteiger partial charge in [0.25, 0.3) is 5.91 Å². The van der Waals surface area contributed by atoms with E-state index >= 15 is 0 Å². The number of carbonyl (C=O) groups is 1. The Bertz CT molecular complexity index is 1220. The Labute approximate surface area is 222 Å². The third kappa shape index (κ3) is 6.64. The second-order valence-electron chi connectivity index (χ2n) is 9.18. The molecule has 3 aromatic rings. The lowest BCUT2D eigenvalue weighted by Crippen LogP contribution is -2.46. The molecule has 0 bridgehead atoms. The average molecular weight is 517 g/mol. The van der Waals surface area contributed by atoms with Crippen LogP contribution in [0, 0.1) is 0 Å². The molecule has 0 atom stereocenters. The first-order chi connectivity index (χ1) is 18.2. The highest BCUT2D eigenvalue weighted by molar-refractivity contribution is 8.00. The molecule has 2 fully saturated rings. The van der Waals surface area contributed by atoms with Gasteiger partial charge in [0.1, 0.15) is 17.6 Å². The summed E-state index contributed by atoms with van der Waals surface area (Å²) in [6.07, 6.45) is 1.93. The van der Waals surface area contributed by atoms with Gasteiger partial charge in [-0.2, -0.15) is 16.9 Å². The summed E-state index contributed by atoms with van der Waals surface area (Å²) in [5, 5.41) is 4.13. The Balaban J connectivity index is 1.09. The van der Waals surface area contributed by atoms with Gasteiger partial charge >= 0.3 is 0 Å². The van der Waals surface area contributed by atoms with E-state index in [-0.39, 0.29) is 5.91 Å². The monoisotopic (exact) mass is 516 g/mol. The number of hydrazone groups is 1. The van der Waals surface area contributed by atoms with Gasteiger partial charge in [-0.05, 0) is 47.5 Å². The molecule has 0 saturated carbocycles. The Morgan fingerprint density at radius 2 is 1.81 bits per heavy atom. The molecular weight excluding hydrogens is 484 g/mol. The first kappa shape index (κ1) is 25.2. The van der Waals surface area contributed by atoms with Crippen LogP contribution in [0.2, 0.25) is 0 Å². The Morgan fingerprint density at radius 3 is 2.54 bits per heavy atom. The lowest BCUT2D eigenvalue weighted by Gasteiger charge is -2.36. The fraction of sp³-hybridized carbons (Fsp3) is 0.310. The van der Waals surface area contributed by atoms with Crippen molar-refractivity contribution < 1.29 is 14.3 Å². The van der Waals surface area contributed by atoms with E-state index in [1.807, 2.05) is 72.4 Å². The van der Waals surface area contributed by atoms with Crippen LogP contribution in [0.4, 0.5) is 5.69 Å². The molecular formula is C29H32N4O3S. The second kappa shape index (κ2) is 12.2. The maximum atomic E-state index is 12.5. The third-order valence-corrected chi connectivity index (χ3v) is 7.78. The van der Waals surface area contributed by atoms with Gasteiger partial charge in [0.2, 0.25) is 0 Å². The number of anilines is 1. The molecule has 2 aliphatic heterocycles. The third-order valence-electron chi connectivity index (χ3n) is 6.57. The van der Waals surface area contributed by atoms with E-state index in [0.29, 0.717) is 11.7 Å². The molecule has 2 heterocycles. The highest BCUT2D eigenvalue weighted by atomic mass is 32.2. The van der Waals surface area contributed by atoms with Crippen LogP contribution in [-0.2, 0) is 6.54 Å². The number of nitrogens with zero attached hydrogens (tertiary/aromatic N) is 3. The lowest BCUT2D eigenvalue weighted by molar-refractivity contribution is 0.0955. The van der Waals surface area contributed by atoms with Crippen LogP contribution in [0.15, 0.2) is 77.9 Å². The van der Waals surface area contributed by atoms with Crippen LogP contribution in [-0.4, -0.2) is 67.9 Å². The highest BCUT2D eigenvalue weighted by Gasteiger charge is 2.20. The topological polar surface area (TPSA) is 66.4 Å². The summed E-state index contributed by atoms with van der Waals surface area (Å²) < 4.78 is 11.4. The Kier molecular flexibility index (Phi) is 8.28. The molecule has 2 saturated heterocycles. The summed E-state index contributed by atoms with van der Waals surface area (Å²) >= 11 is 1.89. The number of para-hydroxylation sites is 2. The van der Waals surface area contributed by atoms with Crippen molar-refractivity contribution in [2.75, 3.05) is 49.7 Å². The summed E-state index contributed by atoms with van der Waals surface area (Å²) in [7, 11) is 1.72. The summed E-state index contributed by atoms with van der Waals surface area (Å²) in [5.41, 5.74) is 6.42. The molecule has 3 aromatic carbocycles. The van der Waals surface area contributed by atoms with Crippen molar-refractivity contribution in [3.05, 3.63) is 89.5 Å². The van der Waals surface area contributed by atoms with Gasteiger partial charge in [-0.15, -0.1) is 0 Å². The predicted octanol–water partition coefficient (Wildman–Crippen LogP) is 4.28. The van der Waals surface area contributed by atoms with Gasteiger partial charge in [0, 0.05) is 49.8 Å². The molecule has 0 aliphatic carbocycles. The summed E-state index contributed by atoms with van der Waals surface area (Å²) in [4.78, 5) is 17.4. The minimum atomic E-state index is -0.230. The average Bonchev–Trinajstić information content (AvgIpc) is 2.92. The molecule has 0 unspecified atom stereocenters. The SMILES string of the molecule is COc1ccccc1N1CCN(Cc2ccc(C(=O)N/N=C\c3cccc(OC4CSC4)c3)cc2)CC1. The van der Waals surface area contributed by atoms with Crippen molar-refractivity contribution in [3.63, 3.8) is 0 Å². The molecule has 1 amide bonds. The van der Waals surface area contributed by atoms with Crippen molar-refractivity contribution in [1.82, 2.24) is 10.3 Å². The Hall–Kier alpha value is -3.49. The smallest absolute Gasteiger partial charge is 0.271 e. The number of nitrogens with one attached hydrogen (secondary N) is 1. The summed E-state index contributed by atoms with van der Waals surface area (Å²) in [6.45, 7) is 4.71. The maximum Gasteiger partial charge on any atom is 0.271 e. The molecule has 0 spiro atoms. The number of ether oxygens (including phenoxy) is 2. The van der Waals surface area contributed by atoms with Gasteiger partial charge in [-0.1, -0.05) is 36.4 Å². The number of amides is 1. The lowest BCUT2D eigenvalue weighted by atomic mass is 10.1. The first-order valence-electron chi connectivity index (χ1n) is 12.5. The molecule has 0 aromatic heterocycles. The summed E-state index contributed by atoms with van der Waals surface area (Å²) in [5.74, 6) is 3.59. The van der Waals surface area contributed by atoms with Crippen molar-refractivity contribution >= 4 is 29.6 Å². The van der Waals surface area contributed by atoms with E-state index in [9.17, 15) is 4.79 Å². The molecule has 1 N–H and O–H groups in total. The first-order valence-corrected chi connectivity index (χ1v) is 13.7. The fourth-order valence-electron chi connectivity index (χ4n) is 4.43. The van der Waals surface area contributed by atoms with Crippen LogP contribution >= 0.6 is 11.8 Å². The number of thioether (sulfide) groups is 1. The van der Waals surface area contributed by atoms with Gasteiger partial charge < -0.3 is 14.4 Å². The van der Waals surface area contributed by atoms with Gasteiger partial charge in [0.15, 0.2) is 0 Å². The number of methoxy groups -OCH3 is 1. The number of rotatable bonds is 9. The quantitative estimate of drug-likeness (QED) is 0.338. The second-order valence-corrected chi connectivity index (χ2v) is 10.3. The molecule has 7 nitrogen and oxygen atoms in total. The van der Waals surface area contributed by atoms with Crippen molar-refractivity contribution in [2.24, 2.45) is 5.10 Å². The Morgan fingerprint density at radius 1 is 1.03 bits per heavy atom. The molecule has 2 aliphatic rings. The van der Waals surface area contributed by atoms with Gasteiger partial charge in [-0.3, -0.25) is 9.69 Å². The van der Waals surface area contributed by atoms with Crippen LogP contribution < -0.4 is 19.8 Å². The van der Waals surface area contributed by atoms with E-state index < -0.39 is 0 Å². The number of hydrogen-bond donors (Lipinski definition) is 1. The standard InChI is InChI=1S/C29H32N4O3S/c1-35-28-8-3-2-7-27(28)33-15-13-32(14-16-33)19-22-9-11-24(12-10-22)29(34)31-30-18-23-5-4-6-25(17-23)36-26-20-37-21-26/h2-12,17-18,26H,13-16,19-21H2,1H3,(H,31,34)/b30-18-. The molecule has 192 valence electrons. The van der Waals surface area contributed by atoms with Crippen LogP contribution in [0.5, 0.6) is 11.5 Å². The zero-order valence-electron chi connectivity index (χ0n) is 21.0. The number of hydrogen-bond acceptors (Lipinski definition) is 7. The van der Waals surface area contributed by atoms with E-state index in [4.69, 9.17) is 9.47 Å². The van der Waals surface area contributed by atoms with E-state index in [1.165, 1.54) is 5.56 Å². The van der Waals surface area contributed by atoms with Crippen LogP contribution in [0.25, 0.3) is 0 Å². The van der Waals surface area contributed by atoms with Gasteiger partial charge in [-0.25, -0.2) is 5.43 Å². The minimum absolute atomic E-state index is 0.230.